The van der Waals surface area contributed by atoms with Crippen LogP contribution in [-0.4, -0.2) is 28.5 Å². The van der Waals surface area contributed by atoms with Gasteiger partial charge in [-0.1, -0.05) is 60.2 Å². The van der Waals surface area contributed by atoms with E-state index in [1.54, 1.807) is 0 Å². The molecule has 0 aliphatic rings. The normalized spacial score (nSPS) is 12.2. The van der Waals surface area contributed by atoms with E-state index in [9.17, 15) is 13.2 Å². The van der Waals surface area contributed by atoms with Crippen LogP contribution in [0.15, 0.2) is 77.7 Å². The predicted octanol–water partition coefficient (Wildman–Crippen LogP) is 3.43. The number of sulfonamides is 1. The minimum Gasteiger partial charge on any atom is -0.496 e. The van der Waals surface area contributed by atoms with Crippen LogP contribution >= 0.6 is 0 Å². The van der Waals surface area contributed by atoms with Gasteiger partial charge in [0.05, 0.1) is 23.6 Å². The first-order chi connectivity index (χ1) is 14.4. The van der Waals surface area contributed by atoms with Crippen LogP contribution in [0.4, 0.5) is 0 Å². The second-order valence-corrected chi connectivity index (χ2v) is 8.53. The smallest absolute Gasteiger partial charge is 0.254 e. The highest BCUT2D eigenvalue weighted by molar-refractivity contribution is 7.89. The Morgan fingerprint density at radius 2 is 1.57 bits per heavy atom. The molecule has 30 heavy (non-hydrogen) atoms. The monoisotopic (exact) mass is 424 g/mol. The van der Waals surface area contributed by atoms with Crippen molar-refractivity contribution in [2.45, 2.75) is 17.9 Å². The van der Waals surface area contributed by atoms with Crippen LogP contribution in [0.3, 0.4) is 0 Å². The van der Waals surface area contributed by atoms with E-state index in [1.165, 1.54) is 32.4 Å². The van der Waals surface area contributed by atoms with Crippen molar-refractivity contribution in [1.82, 2.24) is 10.0 Å². The average Bonchev–Trinajstić information content (AvgIpc) is 2.77. The number of methoxy groups -OCH3 is 1. The summed E-state index contributed by atoms with van der Waals surface area (Å²) >= 11 is 0. The largest absolute Gasteiger partial charge is 0.496 e. The van der Waals surface area contributed by atoms with Crippen molar-refractivity contribution in [1.29, 1.82) is 0 Å². The number of carbonyl (C=O) groups is 1. The summed E-state index contributed by atoms with van der Waals surface area (Å²) in [6.07, 6.45) is 0. The molecular formula is C23H24N2O4S. The topological polar surface area (TPSA) is 84.5 Å². The van der Waals surface area contributed by atoms with Crippen molar-refractivity contribution >= 4 is 15.9 Å². The Bertz CT molecular complexity index is 1130. The Kier molecular flexibility index (Phi) is 6.54. The molecule has 0 spiro atoms. The molecule has 0 aliphatic carbocycles. The van der Waals surface area contributed by atoms with Gasteiger partial charge in [-0.3, -0.25) is 4.79 Å². The highest BCUT2D eigenvalue weighted by atomic mass is 32.2. The molecule has 3 aromatic carbocycles. The number of amides is 1. The van der Waals surface area contributed by atoms with Crippen LogP contribution in [0.1, 0.15) is 33.1 Å². The van der Waals surface area contributed by atoms with Gasteiger partial charge in [0.1, 0.15) is 5.75 Å². The number of hydrogen-bond donors (Lipinski definition) is 2. The molecule has 7 heteroatoms. The van der Waals surface area contributed by atoms with Crippen LogP contribution < -0.4 is 14.8 Å². The molecule has 0 heterocycles. The summed E-state index contributed by atoms with van der Waals surface area (Å²) in [4.78, 5) is 12.1. The zero-order chi connectivity index (χ0) is 21.7. The first-order valence-corrected chi connectivity index (χ1v) is 10.9. The molecule has 6 nitrogen and oxygen atoms in total. The highest BCUT2D eigenvalue weighted by Crippen LogP contribution is 2.27. The maximum Gasteiger partial charge on any atom is 0.254 e. The van der Waals surface area contributed by atoms with E-state index >= 15 is 0 Å². The third-order valence-electron chi connectivity index (χ3n) is 4.77. The maximum atomic E-state index is 13.2. The van der Waals surface area contributed by atoms with Gasteiger partial charge in [-0.25, -0.2) is 8.42 Å². The summed E-state index contributed by atoms with van der Waals surface area (Å²) in [6, 6.07) is 20.7. The van der Waals surface area contributed by atoms with Crippen LogP contribution in [0, 0.1) is 6.92 Å². The lowest BCUT2D eigenvalue weighted by molar-refractivity contribution is 0.0960. The quantitative estimate of drug-likeness (QED) is 0.609. The van der Waals surface area contributed by atoms with Crippen molar-refractivity contribution in [3.8, 4) is 5.75 Å². The zero-order valence-corrected chi connectivity index (χ0v) is 17.9. The van der Waals surface area contributed by atoms with Gasteiger partial charge < -0.3 is 10.1 Å². The van der Waals surface area contributed by atoms with Crippen LogP contribution in [-0.2, 0) is 10.0 Å². The van der Waals surface area contributed by atoms with Crippen molar-refractivity contribution in [3.63, 3.8) is 0 Å². The Morgan fingerprint density at radius 1 is 0.933 bits per heavy atom. The van der Waals surface area contributed by atoms with Gasteiger partial charge >= 0.3 is 0 Å². The van der Waals surface area contributed by atoms with Gasteiger partial charge in [0.15, 0.2) is 0 Å². The third kappa shape index (κ3) is 4.69. The fraction of sp³-hybridized carbons (Fsp3) is 0.174. The molecule has 0 saturated heterocycles. The van der Waals surface area contributed by atoms with Crippen LogP contribution in [0.5, 0.6) is 5.75 Å². The molecule has 156 valence electrons. The molecule has 0 bridgehead atoms. The molecular weight excluding hydrogens is 400 g/mol. The van der Waals surface area contributed by atoms with Gasteiger partial charge in [0.2, 0.25) is 10.0 Å². The van der Waals surface area contributed by atoms with E-state index in [0.29, 0.717) is 5.75 Å². The van der Waals surface area contributed by atoms with Gasteiger partial charge in [-0.15, -0.1) is 0 Å². The second kappa shape index (κ2) is 9.11. The molecule has 1 amide bonds. The standard InChI is InChI=1S/C23H24N2O4S/c1-16-9-11-18(12-10-16)22(17-7-5-4-6-8-17)25-30(27,28)19-13-14-21(29-3)20(15-19)23(26)24-2/h4-15,22,25H,1-3H3,(H,24,26). The van der Waals surface area contributed by atoms with E-state index in [-0.39, 0.29) is 10.5 Å². The average molecular weight is 425 g/mol. The molecule has 0 saturated carbocycles. The zero-order valence-electron chi connectivity index (χ0n) is 17.0. The molecule has 1 atom stereocenters. The Hall–Kier alpha value is -3.16. The fourth-order valence-electron chi connectivity index (χ4n) is 3.12. The molecule has 0 fully saturated rings. The molecule has 1 unspecified atom stereocenters. The number of rotatable bonds is 7. The summed E-state index contributed by atoms with van der Waals surface area (Å²) in [7, 11) is -1.04. The van der Waals surface area contributed by atoms with Crippen molar-refractivity contribution in [2.24, 2.45) is 0 Å². The summed E-state index contributed by atoms with van der Waals surface area (Å²) < 4.78 is 34.4. The lowest BCUT2D eigenvalue weighted by Gasteiger charge is -2.20. The van der Waals surface area contributed by atoms with E-state index in [2.05, 4.69) is 10.0 Å². The van der Waals surface area contributed by atoms with Gasteiger partial charge in [0, 0.05) is 7.05 Å². The van der Waals surface area contributed by atoms with E-state index < -0.39 is 22.0 Å². The number of carbonyl (C=O) groups excluding carboxylic acids is 1. The Labute approximate surface area is 177 Å². The van der Waals surface area contributed by atoms with Gasteiger partial charge in [-0.2, -0.15) is 4.72 Å². The first-order valence-electron chi connectivity index (χ1n) is 9.39. The van der Waals surface area contributed by atoms with Crippen LogP contribution in [0.25, 0.3) is 0 Å². The molecule has 0 aliphatic heterocycles. The summed E-state index contributed by atoms with van der Waals surface area (Å²) in [5.41, 5.74) is 2.86. The third-order valence-corrected chi connectivity index (χ3v) is 6.19. The number of benzene rings is 3. The predicted molar refractivity (Wildman–Crippen MR) is 116 cm³/mol. The Morgan fingerprint density at radius 3 is 2.17 bits per heavy atom. The fourth-order valence-corrected chi connectivity index (χ4v) is 4.36. The summed E-state index contributed by atoms with van der Waals surface area (Å²) in [5, 5.41) is 2.50. The number of hydrogen-bond acceptors (Lipinski definition) is 4. The van der Waals surface area contributed by atoms with E-state index in [1.807, 2.05) is 61.5 Å². The number of aryl methyl sites for hydroxylation is 1. The molecule has 3 aromatic rings. The van der Waals surface area contributed by atoms with Crippen molar-refractivity contribution in [2.75, 3.05) is 14.2 Å². The number of nitrogens with one attached hydrogen (secondary N) is 2. The first kappa shape index (κ1) is 21.5. The summed E-state index contributed by atoms with van der Waals surface area (Å²) in [5.74, 6) is -0.131. The molecule has 0 aromatic heterocycles. The minimum atomic E-state index is -3.94. The van der Waals surface area contributed by atoms with Crippen molar-refractivity contribution < 1.29 is 17.9 Å². The minimum absolute atomic E-state index is 0.0186. The van der Waals surface area contributed by atoms with Crippen LogP contribution in [0.2, 0.25) is 0 Å². The second-order valence-electron chi connectivity index (χ2n) is 6.82. The lowest BCUT2D eigenvalue weighted by atomic mass is 9.99. The van der Waals surface area contributed by atoms with E-state index in [0.717, 1.165) is 16.7 Å². The molecule has 2 N–H and O–H groups in total. The highest BCUT2D eigenvalue weighted by Gasteiger charge is 2.25. The number of ether oxygens (including phenoxy) is 1. The van der Waals surface area contributed by atoms with Gasteiger partial charge in [-0.05, 0) is 36.2 Å². The lowest BCUT2D eigenvalue weighted by Crippen LogP contribution is -2.30. The Balaban J connectivity index is 2.04. The molecule has 3 rings (SSSR count). The molecule has 0 radical (unpaired) electrons. The van der Waals surface area contributed by atoms with Crippen molar-refractivity contribution in [3.05, 3.63) is 95.1 Å². The summed E-state index contributed by atoms with van der Waals surface area (Å²) in [6.45, 7) is 1.98. The maximum absolute atomic E-state index is 13.2. The SMILES string of the molecule is CNC(=O)c1cc(S(=O)(=O)NC(c2ccccc2)c2ccc(C)cc2)ccc1OC. The van der Waals surface area contributed by atoms with Gasteiger partial charge in [0.25, 0.3) is 5.91 Å². The van der Waals surface area contributed by atoms with E-state index in [4.69, 9.17) is 4.74 Å².